The monoisotopic (exact) mass is 542 g/mol. The number of urea groups is 1. The normalized spacial score (nSPS) is 21.7. The molecule has 3 N–H and O–H groups in total. The van der Waals surface area contributed by atoms with Crippen molar-refractivity contribution in [2.45, 2.75) is 44.2 Å². The van der Waals surface area contributed by atoms with Crippen molar-refractivity contribution in [2.75, 3.05) is 60.2 Å². The highest BCUT2D eigenvalue weighted by atomic mass is 35.5. The first-order chi connectivity index (χ1) is 17.9. The second-order valence-corrected chi connectivity index (χ2v) is 10.2. The number of hydrogen-bond donors (Lipinski definition) is 3. The number of piperidine rings is 1. The van der Waals surface area contributed by atoms with Crippen LogP contribution in [0.1, 0.15) is 43.8 Å². The lowest BCUT2D eigenvalue weighted by Gasteiger charge is -2.38. The van der Waals surface area contributed by atoms with E-state index in [2.05, 4.69) is 20.7 Å². The Hall–Kier alpha value is -2.14. The van der Waals surface area contributed by atoms with Crippen LogP contribution < -0.4 is 16.0 Å². The molecule has 37 heavy (non-hydrogen) atoms. The van der Waals surface area contributed by atoms with Crippen LogP contribution in [0.25, 0.3) is 0 Å². The quantitative estimate of drug-likeness (QED) is 0.368. The van der Waals surface area contributed by atoms with Crippen LogP contribution in [0.5, 0.6) is 0 Å². The minimum atomic E-state index is -0.551. The molecule has 0 radical (unpaired) electrons. The summed E-state index contributed by atoms with van der Waals surface area (Å²) in [6.07, 6.45) is 3.60. The van der Waals surface area contributed by atoms with Crippen LogP contribution in [0.4, 0.5) is 14.0 Å². The van der Waals surface area contributed by atoms with E-state index in [9.17, 15) is 14.0 Å². The predicted octanol–water partition coefficient (Wildman–Crippen LogP) is 3.72. The third-order valence-electron chi connectivity index (χ3n) is 6.89. The largest absolute Gasteiger partial charge is 0.453 e. The van der Waals surface area contributed by atoms with E-state index in [0.29, 0.717) is 31.1 Å². The summed E-state index contributed by atoms with van der Waals surface area (Å²) in [5.41, 5.74) is 0.612. The summed E-state index contributed by atoms with van der Waals surface area (Å²) >= 11 is 6.14. The SMILES string of the molecule is CNC[C@@H](C[C@H]1CCCOC1)NC(=O)N1CCCC([C@@H](OCCNC(=O)OC)c2cc(F)cc(Cl)c2)C1. The molecule has 11 heteroatoms. The van der Waals surface area contributed by atoms with Crippen molar-refractivity contribution in [3.63, 3.8) is 0 Å². The van der Waals surface area contributed by atoms with Crippen molar-refractivity contribution < 1.29 is 28.2 Å². The Morgan fingerprint density at radius 3 is 2.81 bits per heavy atom. The van der Waals surface area contributed by atoms with E-state index in [-0.39, 0.29) is 36.2 Å². The number of amides is 3. The first kappa shape index (κ1) is 29.4. The molecule has 1 aromatic rings. The van der Waals surface area contributed by atoms with Gasteiger partial charge in [-0.3, -0.25) is 0 Å². The Kier molecular flexibility index (Phi) is 12.2. The van der Waals surface area contributed by atoms with E-state index in [1.807, 2.05) is 11.9 Å². The van der Waals surface area contributed by atoms with Crippen LogP contribution in [0, 0.1) is 17.7 Å². The van der Waals surface area contributed by atoms with Gasteiger partial charge in [-0.2, -0.15) is 0 Å². The van der Waals surface area contributed by atoms with Gasteiger partial charge in [0.2, 0.25) is 0 Å². The molecule has 0 aliphatic carbocycles. The molecule has 4 atom stereocenters. The number of likely N-dealkylation sites (tertiary alicyclic amines) is 1. The molecule has 2 saturated heterocycles. The van der Waals surface area contributed by atoms with Crippen LogP contribution in [0.3, 0.4) is 0 Å². The van der Waals surface area contributed by atoms with E-state index in [1.165, 1.54) is 19.2 Å². The van der Waals surface area contributed by atoms with Crippen LogP contribution in [0.15, 0.2) is 18.2 Å². The van der Waals surface area contributed by atoms with Crippen molar-refractivity contribution in [3.8, 4) is 0 Å². The number of halogens is 2. The molecule has 0 saturated carbocycles. The molecular weight excluding hydrogens is 503 g/mol. The molecule has 2 aliphatic rings. The van der Waals surface area contributed by atoms with E-state index in [0.717, 1.165) is 45.3 Å². The summed E-state index contributed by atoms with van der Waals surface area (Å²) in [6.45, 7) is 3.77. The molecule has 0 bridgehead atoms. The molecule has 0 aromatic heterocycles. The standard InChI is InChI=1S/C26H40ClFN4O5/c1-29-15-23(11-18-5-4-9-36-17-18)31-25(33)32-8-3-6-19(16-32)24(37-10-7-30-26(34)35-2)20-12-21(27)14-22(28)13-20/h12-14,18-19,23-24,29H,3-11,15-17H2,1-2H3,(H,30,34)(H,31,33)/t18-,19?,23-,24-/m1/s1. The molecule has 9 nitrogen and oxygen atoms in total. The van der Waals surface area contributed by atoms with Gasteiger partial charge in [0.15, 0.2) is 0 Å². The third kappa shape index (κ3) is 9.59. The van der Waals surface area contributed by atoms with Gasteiger partial charge in [0.25, 0.3) is 0 Å². The van der Waals surface area contributed by atoms with Gasteiger partial charge in [-0.25, -0.2) is 14.0 Å². The zero-order valence-electron chi connectivity index (χ0n) is 21.8. The maximum Gasteiger partial charge on any atom is 0.406 e. The number of likely N-dealkylation sites (N-methyl/N-ethyl adjacent to an activating group) is 1. The van der Waals surface area contributed by atoms with Crippen LogP contribution in [-0.4, -0.2) is 83.2 Å². The van der Waals surface area contributed by atoms with E-state index < -0.39 is 18.0 Å². The van der Waals surface area contributed by atoms with E-state index in [4.69, 9.17) is 21.1 Å². The highest BCUT2D eigenvalue weighted by molar-refractivity contribution is 6.30. The predicted molar refractivity (Wildman–Crippen MR) is 139 cm³/mol. The number of hydrogen-bond acceptors (Lipinski definition) is 6. The van der Waals surface area contributed by atoms with Gasteiger partial charge in [-0.05, 0) is 68.8 Å². The Balaban J connectivity index is 1.65. The molecule has 3 rings (SSSR count). The average molecular weight is 543 g/mol. The fourth-order valence-electron chi connectivity index (χ4n) is 5.20. The number of carbonyl (C=O) groups excluding carboxylic acids is 2. The van der Waals surface area contributed by atoms with Gasteiger partial charge in [-0.15, -0.1) is 0 Å². The number of benzene rings is 1. The Bertz CT molecular complexity index is 853. The number of rotatable bonds is 11. The Morgan fingerprint density at radius 1 is 1.27 bits per heavy atom. The molecule has 3 amide bonds. The first-order valence-electron chi connectivity index (χ1n) is 13.1. The zero-order valence-corrected chi connectivity index (χ0v) is 22.5. The molecule has 208 valence electrons. The zero-order chi connectivity index (χ0) is 26.6. The molecule has 0 spiro atoms. The van der Waals surface area contributed by atoms with Crippen molar-refractivity contribution in [1.29, 1.82) is 0 Å². The van der Waals surface area contributed by atoms with Crippen molar-refractivity contribution >= 4 is 23.7 Å². The lowest BCUT2D eigenvalue weighted by molar-refractivity contribution is -0.00888. The average Bonchev–Trinajstić information content (AvgIpc) is 2.88. The molecule has 2 fully saturated rings. The molecule has 2 aliphatic heterocycles. The van der Waals surface area contributed by atoms with Crippen LogP contribution in [-0.2, 0) is 14.2 Å². The first-order valence-corrected chi connectivity index (χ1v) is 13.4. The van der Waals surface area contributed by atoms with Gasteiger partial charge >= 0.3 is 12.1 Å². The minimum Gasteiger partial charge on any atom is -0.453 e. The van der Waals surface area contributed by atoms with Crippen LogP contribution in [0.2, 0.25) is 5.02 Å². The van der Waals surface area contributed by atoms with Gasteiger partial charge < -0.3 is 35.1 Å². The Labute approximate surface area is 223 Å². The van der Waals surface area contributed by atoms with Gasteiger partial charge in [0.1, 0.15) is 5.82 Å². The van der Waals surface area contributed by atoms with Gasteiger partial charge in [0, 0.05) is 56.4 Å². The summed E-state index contributed by atoms with van der Waals surface area (Å²) in [6, 6.07) is 4.25. The smallest absolute Gasteiger partial charge is 0.406 e. The summed E-state index contributed by atoms with van der Waals surface area (Å²) in [4.78, 5) is 26.5. The van der Waals surface area contributed by atoms with E-state index >= 15 is 0 Å². The molecule has 2 heterocycles. The minimum absolute atomic E-state index is 0.00282. The fraction of sp³-hybridized carbons (Fsp3) is 0.692. The Morgan fingerprint density at radius 2 is 2.11 bits per heavy atom. The maximum absolute atomic E-state index is 14.2. The number of alkyl carbamates (subject to hydrolysis) is 1. The summed E-state index contributed by atoms with van der Waals surface area (Å²) in [5.74, 6) is -0.0728. The second kappa shape index (κ2) is 15.3. The molecule has 1 aromatic carbocycles. The highest BCUT2D eigenvalue weighted by Gasteiger charge is 2.32. The number of ether oxygens (including phenoxy) is 3. The van der Waals surface area contributed by atoms with Crippen molar-refractivity contribution in [2.24, 2.45) is 11.8 Å². The van der Waals surface area contributed by atoms with Crippen molar-refractivity contribution in [1.82, 2.24) is 20.9 Å². The summed E-state index contributed by atoms with van der Waals surface area (Å²) < 4.78 is 30.6. The van der Waals surface area contributed by atoms with Crippen molar-refractivity contribution in [3.05, 3.63) is 34.6 Å². The number of nitrogens with zero attached hydrogens (tertiary/aromatic N) is 1. The van der Waals surface area contributed by atoms with Crippen LogP contribution >= 0.6 is 11.6 Å². The van der Waals surface area contributed by atoms with Gasteiger partial charge in [-0.1, -0.05) is 11.6 Å². The summed E-state index contributed by atoms with van der Waals surface area (Å²) in [7, 11) is 3.17. The summed E-state index contributed by atoms with van der Waals surface area (Å²) in [5, 5.41) is 9.26. The maximum atomic E-state index is 14.2. The number of nitrogens with one attached hydrogen (secondary N) is 3. The number of methoxy groups -OCH3 is 1. The highest BCUT2D eigenvalue weighted by Crippen LogP contribution is 2.34. The van der Waals surface area contributed by atoms with Gasteiger partial charge in [0.05, 0.1) is 19.8 Å². The molecule has 1 unspecified atom stereocenters. The fourth-order valence-corrected chi connectivity index (χ4v) is 5.43. The second-order valence-electron chi connectivity index (χ2n) is 9.78. The lowest BCUT2D eigenvalue weighted by atomic mass is 9.88. The topological polar surface area (TPSA) is 101 Å². The molecular formula is C26H40ClFN4O5. The number of carbonyl (C=O) groups is 2. The lowest BCUT2D eigenvalue weighted by Crippen LogP contribution is -2.52. The third-order valence-corrected chi connectivity index (χ3v) is 7.11. The van der Waals surface area contributed by atoms with E-state index in [1.54, 1.807) is 6.07 Å².